The second kappa shape index (κ2) is 5.82. The molecule has 94 valence electrons. The molecule has 1 aromatic heterocycles. The Bertz CT molecular complexity index is 551. The summed E-state index contributed by atoms with van der Waals surface area (Å²) < 4.78 is 9.81. The number of oxazole rings is 1. The molecule has 0 aliphatic rings. The van der Waals surface area contributed by atoms with Gasteiger partial charge in [-0.1, -0.05) is 40.2 Å². The zero-order valence-corrected chi connectivity index (χ0v) is 11.4. The Morgan fingerprint density at radius 1 is 1.44 bits per heavy atom. The van der Waals surface area contributed by atoms with Gasteiger partial charge in [-0.15, -0.1) is 0 Å². The van der Waals surface area contributed by atoms with Gasteiger partial charge in [0.1, 0.15) is 6.26 Å². The maximum absolute atomic E-state index is 11.2. The van der Waals surface area contributed by atoms with E-state index in [-0.39, 0.29) is 5.69 Å². The highest BCUT2D eigenvalue weighted by molar-refractivity contribution is 9.08. The van der Waals surface area contributed by atoms with Crippen molar-refractivity contribution in [1.82, 2.24) is 4.98 Å². The minimum Gasteiger partial charge on any atom is -0.464 e. The molecule has 2 rings (SSSR count). The van der Waals surface area contributed by atoms with Crippen LogP contribution in [-0.4, -0.2) is 18.1 Å². The topological polar surface area (TPSA) is 52.3 Å². The van der Waals surface area contributed by atoms with E-state index in [2.05, 4.69) is 31.7 Å². The number of methoxy groups -OCH3 is 1. The number of carbonyl (C=O) groups excluding carboxylic acids is 1. The molecular formula is C13H12BrNO3. The summed E-state index contributed by atoms with van der Waals surface area (Å²) >= 11 is 3.41. The molecule has 0 unspecified atom stereocenters. The summed E-state index contributed by atoms with van der Waals surface area (Å²) in [6.07, 6.45) is 1.87. The number of nitrogens with zero attached hydrogens (tertiary/aromatic N) is 1. The Labute approximate surface area is 113 Å². The lowest BCUT2D eigenvalue weighted by molar-refractivity contribution is 0.0594. The van der Waals surface area contributed by atoms with E-state index in [0.717, 1.165) is 10.9 Å². The second-order valence-corrected chi connectivity index (χ2v) is 4.31. The van der Waals surface area contributed by atoms with Gasteiger partial charge in [-0.3, -0.25) is 0 Å². The summed E-state index contributed by atoms with van der Waals surface area (Å²) in [5.41, 5.74) is 2.47. The van der Waals surface area contributed by atoms with Crippen LogP contribution in [0.4, 0.5) is 0 Å². The number of hydrogen-bond acceptors (Lipinski definition) is 4. The standard InChI is InChI=1S/C13H12BrNO3/c1-17-13(16)11-8-18-12(15-11)6-9-3-2-4-10(5-9)7-14/h2-5,8H,6-7H2,1H3. The van der Waals surface area contributed by atoms with E-state index in [1.807, 2.05) is 18.2 Å². The first-order valence-electron chi connectivity index (χ1n) is 5.39. The highest BCUT2D eigenvalue weighted by atomic mass is 79.9. The first kappa shape index (κ1) is 12.8. The van der Waals surface area contributed by atoms with Crippen LogP contribution in [0.2, 0.25) is 0 Å². The van der Waals surface area contributed by atoms with Crippen LogP contribution in [0.25, 0.3) is 0 Å². The Morgan fingerprint density at radius 2 is 2.22 bits per heavy atom. The number of ether oxygens (including phenoxy) is 1. The molecule has 0 amide bonds. The summed E-state index contributed by atoms with van der Waals surface area (Å²) in [4.78, 5) is 15.3. The molecule has 0 aliphatic heterocycles. The molecule has 0 radical (unpaired) electrons. The zero-order chi connectivity index (χ0) is 13.0. The van der Waals surface area contributed by atoms with Gasteiger partial charge >= 0.3 is 5.97 Å². The molecule has 1 aromatic carbocycles. The zero-order valence-electron chi connectivity index (χ0n) is 9.85. The molecule has 0 aliphatic carbocycles. The third kappa shape index (κ3) is 2.98. The van der Waals surface area contributed by atoms with Gasteiger partial charge in [0.2, 0.25) is 0 Å². The first-order valence-corrected chi connectivity index (χ1v) is 6.51. The Hall–Kier alpha value is -1.62. The molecular weight excluding hydrogens is 298 g/mol. The van der Waals surface area contributed by atoms with Crippen molar-refractivity contribution in [1.29, 1.82) is 0 Å². The fourth-order valence-corrected chi connectivity index (χ4v) is 1.94. The Morgan fingerprint density at radius 3 is 2.94 bits per heavy atom. The number of hydrogen-bond donors (Lipinski definition) is 0. The van der Waals surface area contributed by atoms with Crippen LogP contribution >= 0.6 is 15.9 Å². The van der Waals surface area contributed by atoms with Gasteiger partial charge in [-0.25, -0.2) is 9.78 Å². The minimum atomic E-state index is -0.487. The van der Waals surface area contributed by atoms with E-state index in [1.54, 1.807) is 0 Å². The van der Waals surface area contributed by atoms with Gasteiger partial charge in [-0.2, -0.15) is 0 Å². The first-order chi connectivity index (χ1) is 8.72. The van der Waals surface area contributed by atoms with Crippen LogP contribution in [0.15, 0.2) is 34.9 Å². The molecule has 5 heteroatoms. The van der Waals surface area contributed by atoms with E-state index in [0.29, 0.717) is 12.3 Å². The van der Waals surface area contributed by atoms with Crippen LogP contribution in [0.3, 0.4) is 0 Å². The van der Waals surface area contributed by atoms with Crippen LogP contribution < -0.4 is 0 Å². The van der Waals surface area contributed by atoms with Gasteiger partial charge in [0.15, 0.2) is 11.6 Å². The molecule has 0 spiro atoms. The molecule has 0 N–H and O–H groups in total. The lowest BCUT2D eigenvalue weighted by Crippen LogP contribution is -2.01. The van der Waals surface area contributed by atoms with Crippen LogP contribution in [0.5, 0.6) is 0 Å². The highest BCUT2D eigenvalue weighted by Gasteiger charge is 2.12. The highest BCUT2D eigenvalue weighted by Crippen LogP contribution is 2.13. The third-order valence-corrected chi connectivity index (χ3v) is 3.09. The molecule has 2 aromatic rings. The molecule has 18 heavy (non-hydrogen) atoms. The van der Waals surface area contributed by atoms with Gasteiger partial charge < -0.3 is 9.15 Å². The summed E-state index contributed by atoms with van der Waals surface area (Å²) in [5.74, 6) is 0.0151. The van der Waals surface area contributed by atoms with Crippen LogP contribution in [0, 0.1) is 0 Å². The predicted octanol–water partition coefficient (Wildman–Crippen LogP) is 2.95. The Balaban J connectivity index is 2.13. The molecule has 4 nitrogen and oxygen atoms in total. The maximum atomic E-state index is 11.2. The van der Waals surface area contributed by atoms with E-state index in [9.17, 15) is 4.79 Å². The number of benzene rings is 1. The number of rotatable bonds is 4. The number of aromatic nitrogens is 1. The van der Waals surface area contributed by atoms with Crippen molar-refractivity contribution in [2.75, 3.05) is 7.11 Å². The number of esters is 1. The summed E-state index contributed by atoms with van der Waals surface area (Å²) in [7, 11) is 1.32. The van der Waals surface area contributed by atoms with Gasteiger partial charge in [0.25, 0.3) is 0 Å². The third-order valence-electron chi connectivity index (χ3n) is 2.45. The molecule has 0 fully saturated rings. The largest absolute Gasteiger partial charge is 0.464 e. The SMILES string of the molecule is COC(=O)c1coc(Cc2cccc(CBr)c2)n1. The van der Waals surface area contributed by atoms with Crippen molar-refractivity contribution < 1.29 is 13.9 Å². The smallest absolute Gasteiger partial charge is 0.360 e. The van der Waals surface area contributed by atoms with Gasteiger partial charge in [0.05, 0.1) is 7.11 Å². The number of carbonyl (C=O) groups is 1. The van der Waals surface area contributed by atoms with E-state index >= 15 is 0 Å². The molecule has 0 saturated carbocycles. The quantitative estimate of drug-likeness (QED) is 0.643. The molecule has 0 atom stereocenters. The fourth-order valence-electron chi connectivity index (χ4n) is 1.59. The maximum Gasteiger partial charge on any atom is 0.360 e. The summed E-state index contributed by atoms with van der Waals surface area (Å²) in [5, 5.41) is 0.805. The normalized spacial score (nSPS) is 10.3. The lowest BCUT2D eigenvalue weighted by atomic mass is 10.1. The molecule has 1 heterocycles. The van der Waals surface area contributed by atoms with Crippen molar-refractivity contribution in [2.45, 2.75) is 11.8 Å². The van der Waals surface area contributed by atoms with Crippen molar-refractivity contribution in [3.05, 3.63) is 53.2 Å². The van der Waals surface area contributed by atoms with E-state index < -0.39 is 5.97 Å². The van der Waals surface area contributed by atoms with Crippen LogP contribution in [-0.2, 0) is 16.5 Å². The minimum absolute atomic E-state index is 0.198. The Kier molecular flexibility index (Phi) is 4.15. The fraction of sp³-hybridized carbons (Fsp3) is 0.231. The number of halogens is 1. The lowest BCUT2D eigenvalue weighted by Gasteiger charge is -2.00. The average Bonchev–Trinajstić information content (AvgIpc) is 2.86. The monoisotopic (exact) mass is 309 g/mol. The average molecular weight is 310 g/mol. The van der Waals surface area contributed by atoms with E-state index in [1.165, 1.54) is 18.9 Å². The second-order valence-electron chi connectivity index (χ2n) is 3.75. The molecule has 0 saturated heterocycles. The van der Waals surface area contributed by atoms with Crippen molar-refractivity contribution >= 4 is 21.9 Å². The van der Waals surface area contributed by atoms with Gasteiger partial charge in [-0.05, 0) is 11.1 Å². The summed E-state index contributed by atoms with van der Waals surface area (Å²) in [6.45, 7) is 0. The van der Waals surface area contributed by atoms with Crippen molar-refractivity contribution in [3.8, 4) is 0 Å². The summed E-state index contributed by atoms with van der Waals surface area (Å²) in [6, 6.07) is 8.08. The van der Waals surface area contributed by atoms with Gasteiger partial charge in [0, 0.05) is 11.8 Å². The van der Waals surface area contributed by atoms with E-state index in [4.69, 9.17) is 4.42 Å². The van der Waals surface area contributed by atoms with Crippen LogP contribution in [0.1, 0.15) is 27.5 Å². The molecule has 0 bridgehead atoms. The predicted molar refractivity (Wildman–Crippen MR) is 69.7 cm³/mol. The number of alkyl halides is 1. The van der Waals surface area contributed by atoms with Crippen molar-refractivity contribution in [2.24, 2.45) is 0 Å². The van der Waals surface area contributed by atoms with Crippen molar-refractivity contribution in [3.63, 3.8) is 0 Å².